The molecule has 2 heterocycles. The Morgan fingerprint density at radius 1 is 1.21 bits per heavy atom. The molecule has 1 aromatic carbocycles. The molecule has 5 nitrogen and oxygen atoms in total. The fourth-order valence-corrected chi connectivity index (χ4v) is 3.98. The van der Waals surface area contributed by atoms with Crippen molar-refractivity contribution in [2.24, 2.45) is 0 Å². The molecule has 5 heteroatoms. The number of H-pyrrole nitrogens is 1. The van der Waals surface area contributed by atoms with Gasteiger partial charge in [-0.15, -0.1) is 0 Å². The summed E-state index contributed by atoms with van der Waals surface area (Å²) in [7, 11) is 0. The summed E-state index contributed by atoms with van der Waals surface area (Å²) in [4.78, 5) is 32.6. The number of hydrogen-bond acceptors (Lipinski definition) is 3. The van der Waals surface area contributed by atoms with Gasteiger partial charge in [0.15, 0.2) is 0 Å². The van der Waals surface area contributed by atoms with Crippen molar-refractivity contribution in [1.82, 2.24) is 14.9 Å². The summed E-state index contributed by atoms with van der Waals surface area (Å²) in [6.45, 7) is 0.749. The van der Waals surface area contributed by atoms with Crippen LogP contribution in [-0.4, -0.2) is 27.3 Å². The monoisotopic (exact) mass is 323 g/mol. The average molecular weight is 323 g/mol. The van der Waals surface area contributed by atoms with Crippen molar-refractivity contribution in [3.05, 3.63) is 63.3 Å². The maximum absolute atomic E-state index is 12.8. The first-order valence-corrected chi connectivity index (χ1v) is 8.66. The zero-order valence-electron chi connectivity index (χ0n) is 13.6. The van der Waals surface area contributed by atoms with Crippen LogP contribution in [0.5, 0.6) is 0 Å². The molecule has 2 aromatic rings. The number of nitrogens with one attached hydrogen (secondary N) is 1. The molecule has 1 amide bonds. The third-order valence-corrected chi connectivity index (χ3v) is 5.15. The molecular weight excluding hydrogens is 302 g/mol. The molecule has 0 unspecified atom stereocenters. The lowest BCUT2D eigenvalue weighted by molar-refractivity contribution is -0.131. The van der Waals surface area contributed by atoms with E-state index in [9.17, 15) is 9.59 Å². The standard InChI is InChI=1S/C19H21N3O2/c23-18(12-13-6-7-14-3-1-4-15(14)11-13)22-10-2-5-17(22)16-8-9-20-19(24)21-16/h6-9,11,17H,1-5,10,12H2,(H,20,21,24)/t17-/m0/s1. The van der Waals surface area contributed by atoms with Gasteiger partial charge in [0.05, 0.1) is 12.5 Å². The molecule has 0 bridgehead atoms. The summed E-state index contributed by atoms with van der Waals surface area (Å²) in [6, 6.07) is 8.21. The van der Waals surface area contributed by atoms with E-state index in [4.69, 9.17) is 0 Å². The Kier molecular flexibility index (Phi) is 3.92. The highest BCUT2D eigenvalue weighted by molar-refractivity contribution is 5.79. The predicted octanol–water partition coefficient (Wildman–Crippen LogP) is 2.16. The number of aryl methyl sites for hydroxylation is 2. The summed E-state index contributed by atoms with van der Waals surface area (Å²) in [6.07, 6.45) is 7.29. The second-order valence-corrected chi connectivity index (χ2v) is 6.71. The van der Waals surface area contributed by atoms with E-state index in [2.05, 4.69) is 28.2 Å². The molecule has 1 fully saturated rings. The van der Waals surface area contributed by atoms with Crippen molar-refractivity contribution in [2.75, 3.05) is 6.54 Å². The third-order valence-electron chi connectivity index (χ3n) is 5.15. The van der Waals surface area contributed by atoms with Crippen LogP contribution in [0.3, 0.4) is 0 Å². The second kappa shape index (κ2) is 6.23. The molecule has 1 aliphatic carbocycles. The quantitative estimate of drug-likeness (QED) is 0.941. The van der Waals surface area contributed by atoms with Gasteiger partial charge in [0, 0.05) is 18.4 Å². The highest BCUT2D eigenvalue weighted by atomic mass is 16.2. The van der Waals surface area contributed by atoms with E-state index < -0.39 is 0 Å². The second-order valence-electron chi connectivity index (χ2n) is 6.71. The van der Waals surface area contributed by atoms with Crippen LogP contribution >= 0.6 is 0 Å². The summed E-state index contributed by atoms with van der Waals surface area (Å²) in [5, 5.41) is 0. The lowest BCUT2D eigenvalue weighted by Crippen LogP contribution is -2.33. The van der Waals surface area contributed by atoms with Crippen LogP contribution in [0.4, 0.5) is 0 Å². The van der Waals surface area contributed by atoms with Gasteiger partial charge in [0.25, 0.3) is 0 Å². The van der Waals surface area contributed by atoms with E-state index in [1.165, 1.54) is 23.7 Å². The molecule has 124 valence electrons. The van der Waals surface area contributed by atoms with Crippen molar-refractivity contribution in [3.63, 3.8) is 0 Å². The van der Waals surface area contributed by atoms with Crippen molar-refractivity contribution in [3.8, 4) is 0 Å². The number of likely N-dealkylation sites (tertiary alicyclic amines) is 1. The van der Waals surface area contributed by atoms with Gasteiger partial charge in [0.1, 0.15) is 0 Å². The predicted molar refractivity (Wildman–Crippen MR) is 90.7 cm³/mol. The third kappa shape index (κ3) is 2.86. The number of carbonyl (C=O) groups excluding carboxylic acids is 1. The van der Waals surface area contributed by atoms with Crippen molar-refractivity contribution >= 4 is 5.91 Å². The first-order chi connectivity index (χ1) is 11.7. The van der Waals surface area contributed by atoms with Crippen LogP contribution in [0.2, 0.25) is 0 Å². The van der Waals surface area contributed by atoms with Gasteiger partial charge in [-0.2, -0.15) is 0 Å². The largest absolute Gasteiger partial charge is 0.345 e. The Labute approximate surface area is 140 Å². The average Bonchev–Trinajstić information content (AvgIpc) is 3.23. The van der Waals surface area contributed by atoms with Gasteiger partial charge >= 0.3 is 5.69 Å². The zero-order valence-corrected chi connectivity index (χ0v) is 13.6. The first kappa shape index (κ1) is 15.1. The van der Waals surface area contributed by atoms with Gasteiger partial charge in [-0.3, -0.25) is 4.79 Å². The number of aromatic amines is 1. The molecule has 1 aliphatic heterocycles. The molecule has 1 aromatic heterocycles. The van der Waals surface area contributed by atoms with Gasteiger partial charge < -0.3 is 9.88 Å². The Bertz CT molecular complexity index is 827. The molecular formula is C19H21N3O2. The van der Waals surface area contributed by atoms with E-state index in [0.717, 1.165) is 43.5 Å². The normalized spacial score (nSPS) is 19.5. The summed E-state index contributed by atoms with van der Waals surface area (Å²) in [5.74, 6) is 0.133. The highest BCUT2D eigenvalue weighted by Gasteiger charge is 2.30. The van der Waals surface area contributed by atoms with Crippen molar-refractivity contribution < 1.29 is 4.79 Å². The number of hydrogen-bond donors (Lipinski definition) is 1. The number of fused-ring (bicyclic) bond motifs is 1. The van der Waals surface area contributed by atoms with E-state index in [1.807, 2.05) is 4.90 Å². The smallest absolute Gasteiger partial charge is 0.334 e. The fraction of sp³-hybridized carbons (Fsp3) is 0.421. The number of rotatable bonds is 3. The summed E-state index contributed by atoms with van der Waals surface area (Å²) >= 11 is 0. The maximum atomic E-state index is 12.8. The van der Waals surface area contributed by atoms with Crippen LogP contribution in [0.15, 0.2) is 35.3 Å². The molecule has 1 N–H and O–H groups in total. The zero-order chi connectivity index (χ0) is 16.5. The molecule has 0 spiro atoms. The van der Waals surface area contributed by atoms with Crippen molar-refractivity contribution in [2.45, 2.75) is 44.6 Å². The van der Waals surface area contributed by atoms with Gasteiger partial charge in [-0.25, -0.2) is 9.78 Å². The van der Waals surface area contributed by atoms with E-state index >= 15 is 0 Å². The minimum absolute atomic E-state index is 0.0392. The van der Waals surface area contributed by atoms with Gasteiger partial charge in [-0.1, -0.05) is 18.2 Å². The van der Waals surface area contributed by atoms with Gasteiger partial charge in [0.2, 0.25) is 5.91 Å². The Morgan fingerprint density at radius 2 is 2.08 bits per heavy atom. The van der Waals surface area contributed by atoms with Crippen LogP contribution < -0.4 is 5.69 Å². The minimum Gasteiger partial charge on any atom is -0.334 e. The Morgan fingerprint density at radius 3 is 2.96 bits per heavy atom. The van der Waals surface area contributed by atoms with Crippen LogP contribution in [-0.2, 0) is 24.1 Å². The van der Waals surface area contributed by atoms with E-state index in [-0.39, 0.29) is 17.6 Å². The van der Waals surface area contributed by atoms with Crippen LogP contribution in [0.25, 0.3) is 0 Å². The summed E-state index contributed by atoms with van der Waals surface area (Å²) in [5.41, 5.74) is 4.35. The molecule has 2 aliphatic rings. The minimum atomic E-state index is -0.356. The van der Waals surface area contributed by atoms with Crippen molar-refractivity contribution in [1.29, 1.82) is 0 Å². The topological polar surface area (TPSA) is 66.1 Å². The lowest BCUT2D eigenvalue weighted by Gasteiger charge is -2.24. The van der Waals surface area contributed by atoms with Crippen LogP contribution in [0, 0.1) is 0 Å². The first-order valence-electron chi connectivity index (χ1n) is 8.66. The molecule has 24 heavy (non-hydrogen) atoms. The molecule has 1 saturated heterocycles. The number of carbonyl (C=O) groups is 1. The van der Waals surface area contributed by atoms with Gasteiger partial charge in [-0.05, 0) is 54.9 Å². The molecule has 0 radical (unpaired) electrons. The Hall–Kier alpha value is -2.43. The number of amides is 1. The molecule has 1 atom stereocenters. The summed E-state index contributed by atoms with van der Waals surface area (Å²) < 4.78 is 0. The Balaban J connectivity index is 1.52. The fourth-order valence-electron chi connectivity index (χ4n) is 3.98. The number of benzene rings is 1. The van der Waals surface area contributed by atoms with E-state index in [1.54, 1.807) is 6.07 Å². The SMILES string of the molecule is O=C(Cc1ccc2c(c1)CCC2)N1CCC[C@H]1c1ccnc(=O)[nH]1. The number of nitrogens with zero attached hydrogens (tertiary/aromatic N) is 2. The van der Waals surface area contributed by atoms with Crippen LogP contribution in [0.1, 0.15) is 47.7 Å². The molecule has 4 rings (SSSR count). The molecule has 0 saturated carbocycles. The lowest BCUT2D eigenvalue weighted by atomic mass is 10.0. The number of aromatic nitrogens is 2. The maximum Gasteiger partial charge on any atom is 0.345 e. The van der Waals surface area contributed by atoms with E-state index in [0.29, 0.717) is 6.42 Å². The highest BCUT2D eigenvalue weighted by Crippen LogP contribution is 2.31.